The molecule has 0 spiro atoms. The highest BCUT2D eigenvalue weighted by atomic mass is 16.5. The van der Waals surface area contributed by atoms with E-state index in [1.54, 1.807) is 7.11 Å². The van der Waals surface area contributed by atoms with Crippen LogP contribution in [0.25, 0.3) is 27.6 Å². The average Bonchev–Trinajstić information content (AvgIpc) is 2.87. The molecule has 2 atom stereocenters. The van der Waals surface area contributed by atoms with Gasteiger partial charge in [-0.2, -0.15) is 0 Å². The van der Waals surface area contributed by atoms with Gasteiger partial charge in [-0.05, 0) is 43.2 Å². The lowest BCUT2D eigenvalue weighted by atomic mass is 9.98. The van der Waals surface area contributed by atoms with Gasteiger partial charge in [0.15, 0.2) is 5.96 Å². The Bertz CT molecular complexity index is 1270. The van der Waals surface area contributed by atoms with E-state index in [-0.39, 0.29) is 12.2 Å². The SMILES string of the molecule is COc1c(-c2ccc(N3CC(C)OC(C)C3)cc2)cnc2c(C3=CNC(N(C)C)=NC3)cccc12. The number of pyridine rings is 1. The lowest BCUT2D eigenvalue weighted by Crippen LogP contribution is -2.45. The lowest BCUT2D eigenvalue weighted by molar-refractivity contribution is -0.00521. The standard InChI is InChI=1S/C28H33N5O2/c1-18-16-33(17-19(2)35-18)22-11-9-20(10-12-22)25-15-29-26-23(7-6-8-24(26)27(25)34-5)21-13-30-28(31-14-21)32(3)4/h6-13,15,18-19H,14,16-17H2,1-5H3,(H,30,31). The molecule has 1 aromatic heterocycles. The third-order valence-corrected chi connectivity index (χ3v) is 6.56. The molecule has 1 fully saturated rings. The van der Waals surface area contributed by atoms with Gasteiger partial charge in [0.2, 0.25) is 0 Å². The van der Waals surface area contributed by atoms with Crippen LogP contribution in [0.15, 0.2) is 59.9 Å². The number of nitrogens with one attached hydrogen (secondary N) is 1. The molecule has 3 heterocycles. The van der Waals surface area contributed by atoms with Gasteiger partial charge < -0.3 is 24.6 Å². The van der Waals surface area contributed by atoms with E-state index in [0.29, 0.717) is 6.54 Å². The Morgan fingerprint density at radius 3 is 2.40 bits per heavy atom. The fourth-order valence-corrected chi connectivity index (χ4v) is 4.96. The van der Waals surface area contributed by atoms with Crippen molar-refractivity contribution in [3.05, 3.63) is 60.4 Å². The van der Waals surface area contributed by atoms with E-state index in [1.165, 1.54) is 5.69 Å². The van der Waals surface area contributed by atoms with E-state index >= 15 is 0 Å². The zero-order chi connectivity index (χ0) is 24.5. The van der Waals surface area contributed by atoms with Crippen molar-refractivity contribution in [2.45, 2.75) is 26.1 Å². The first-order chi connectivity index (χ1) is 16.9. The number of hydrogen-bond donors (Lipinski definition) is 1. The van der Waals surface area contributed by atoms with Crippen LogP contribution in [0.3, 0.4) is 0 Å². The summed E-state index contributed by atoms with van der Waals surface area (Å²) in [6.45, 7) is 6.66. The number of ether oxygens (including phenoxy) is 2. The normalized spacial score (nSPS) is 20.2. The number of fused-ring (bicyclic) bond motifs is 1. The Morgan fingerprint density at radius 2 is 1.77 bits per heavy atom. The quantitative estimate of drug-likeness (QED) is 0.609. The molecule has 2 aromatic carbocycles. The third-order valence-electron chi connectivity index (χ3n) is 6.56. The van der Waals surface area contributed by atoms with Gasteiger partial charge in [0.1, 0.15) is 5.75 Å². The predicted octanol–water partition coefficient (Wildman–Crippen LogP) is 4.39. The molecule has 0 aliphatic carbocycles. The van der Waals surface area contributed by atoms with Crippen LogP contribution in [-0.4, -0.2) is 68.9 Å². The van der Waals surface area contributed by atoms with E-state index in [1.807, 2.05) is 31.4 Å². The topological polar surface area (TPSA) is 62.2 Å². The largest absolute Gasteiger partial charge is 0.495 e. The molecule has 0 radical (unpaired) electrons. The number of anilines is 1. The fraction of sp³-hybridized carbons (Fsp3) is 0.357. The smallest absolute Gasteiger partial charge is 0.197 e. The molecule has 2 aliphatic heterocycles. The lowest BCUT2D eigenvalue weighted by Gasteiger charge is -2.36. The molecule has 2 unspecified atom stereocenters. The molecular formula is C28H33N5O2. The van der Waals surface area contributed by atoms with Gasteiger partial charge in [-0.3, -0.25) is 4.98 Å². The molecule has 1 saturated heterocycles. The maximum Gasteiger partial charge on any atom is 0.197 e. The number of guanidine groups is 1. The Balaban J connectivity index is 1.47. The number of para-hydroxylation sites is 1. The summed E-state index contributed by atoms with van der Waals surface area (Å²) in [6, 6.07) is 14.9. The summed E-state index contributed by atoms with van der Waals surface area (Å²) < 4.78 is 11.8. The number of rotatable bonds is 4. The van der Waals surface area contributed by atoms with Crippen LogP contribution in [0.4, 0.5) is 5.69 Å². The molecule has 3 aromatic rings. The van der Waals surface area contributed by atoms with Crippen molar-refractivity contribution in [3.63, 3.8) is 0 Å². The summed E-state index contributed by atoms with van der Waals surface area (Å²) >= 11 is 0. The Kier molecular flexibility index (Phi) is 6.34. The zero-order valence-corrected chi connectivity index (χ0v) is 21.1. The highest BCUT2D eigenvalue weighted by Gasteiger charge is 2.23. The van der Waals surface area contributed by atoms with Gasteiger partial charge in [-0.1, -0.05) is 24.3 Å². The molecule has 0 amide bonds. The Hall–Kier alpha value is -3.58. The van der Waals surface area contributed by atoms with Gasteiger partial charge >= 0.3 is 0 Å². The number of benzene rings is 2. The first-order valence-corrected chi connectivity index (χ1v) is 12.1. The summed E-state index contributed by atoms with van der Waals surface area (Å²) in [7, 11) is 5.68. The van der Waals surface area contributed by atoms with Crippen LogP contribution in [0.5, 0.6) is 5.75 Å². The first kappa shape index (κ1) is 23.2. The predicted molar refractivity (Wildman–Crippen MR) is 143 cm³/mol. The maximum atomic E-state index is 5.94. The number of nitrogens with zero attached hydrogens (tertiary/aromatic N) is 4. The number of hydrogen-bond acceptors (Lipinski definition) is 7. The summed E-state index contributed by atoms with van der Waals surface area (Å²) in [6.07, 6.45) is 4.40. The minimum atomic E-state index is 0.229. The first-order valence-electron chi connectivity index (χ1n) is 12.1. The van der Waals surface area contributed by atoms with Gasteiger partial charge in [0.05, 0.1) is 31.4 Å². The Morgan fingerprint density at radius 1 is 1.03 bits per heavy atom. The van der Waals surface area contributed by atoms with Crippen LogP contribution >= 0.6 is 0 Å². The molecule has 2 aliphatic rings. The van der Waals surface area contributed by atoms with Crippen molar-refractivity contribution in [2.24, 2.45) is 4.99 Å². The summed E-state index contributed by atoms with van der Waals surface area (Å²) in [5.41, 5.74) is 6.35. The number of aliphatic imine (C=N–C) groups is 1. The van der Waals surface area contributed by atoms with Crippen LogP contribution in [-0.2, 0) is 4.74 Å². The highest BCUT2D eigenvalue weighted by molar-refractivity contribution is 5.99. The number of aromatic nitrogens is 1. The van der Waals surface area contributed by atoms with Crippen LogP contribution < -0.4 is 15.0 Å². The maximum absolute atomic E-state index is 5.94. The van der Waals surface area contributed by atoms with Crippen LogP contribution in [0, 0.1) is 0 Å². The van der Waals surface area contributed by atoms with Gasteiger partial charge in [0.25, 0.3) is 0 Å². The van der Waals surface area contributed by atoms with Crippen LogP contribution in [0.1, 0.15) is 19.4 Å². The molecule has 35 heavy (non-hydrogen) atoms. The van der Waals surface area contributed by atoms with E-state index in [2.05, 4.69) is 71.5 Å². The molecule has 1 N–H and O–H groups in total. The zero-order valence-electron chi connectivity index (χ0n) is 21.1. The second kappa shape index (κ2) is 9.58. The van der Waals surface area contributed by atoms with Crippen molar-refractivity contribution >= 4 is 28.1 Å². The van der Waals surface area contributed by atoms with E-state index < -0.39 is 0 Å². The second-order valence-corrected chi connectivity index (χ2v) is 9.46. The molecule has 5 rings (SSSR count). The minimum Gasteiger partial charge on any atom is -0.495 e. The Labute approximate surface area is 207 Å². The van der Waals surface area contributed by atoms with Crippen molar-refractivity contribution in [1.82, 2.24) is 15.2 Å². The third kappa shape index (κ3) is 4.56. The molecule has 0 saturated carbocycles. The summed E-state index contributed by atoms with van der Waals surface area (Å²) in [5, 5.41) is 4.27. The monoisotopic (exact) mass is 471 g/mol. The summed E-state index contributed by atoms with van der Waals surface area (Å²) in [4.78, 5) is 13.9. The van der Waals surface area contributed by atoms with Crippen molar-refractivity contribution in [1.29, 1.82) is 0 Å². The van der Waals surface area contributed by atoms with Gasteiger partial charge in [0, 0.05) is 61.8 Å². The van der Waals surface area contributed by atoms with Crippen LogP contribution in [0.2, 0.25) is 0 Å². The molecule has 7 heteroatoms. The van der Waals surface area contributed by atoms with E-state index in [9.17, 15) is 0 Å². The molecular weight excluding hydrogens is 438 g/mol. The van der Waals surface area contributed by atoms with Crippen molar-refractivity contribution in [3.8, 4) is 16.9 Å². The summed E-state index contributed by atoms with van der Waals surface area (Å²) in [5.74, 6) is 1.69. The van der Waals surface area contributed by atoms with E-state index in [4.69, 9.17) is 14.5 Å². The highest BCUT2D eigenvalue weighted by Crippen LogP contribution is 2.38. The molecule has 182 valence electrons. The van der Waals surface area contributed by atoms with Gasteiger partial charge in [-0.15, -0.1) is 0 Å². The van der Waals surface area contributed by atoms with Gasteiger partial charge in [-0.25, -0.2) is 4.99 Å². The molecule has 7 nitrogen and oxygen atoms in total. The van der Waals surface area contributed by atoms with Crippen molar-refractivity contribution in [2.75, 3.05) is 45.7 Å². The van der Waals surface area contributed by atoms with E-state index in [0.717, 1.165) is 58.0 Å². The van der Waals surface area contributed by atoms with Crippen molar-refractivity contribution < 1.29 is 9.47 Å². The minimum absolute atomic E-state index is 0.229. The number of methoxy groups -OCH3 is 1. The molecule has 0 bridgehead atoms. The number of morpholine rings is 1. The average molecular weight is 472 g/mol. The second-order valence-electron chi connectivity index (χ2n) is 9.46. The fourth-order valence-electron chi connectivity index (χ4n) is 4.96.